The average Bonchev–Trinajstić information content (AvgIpc) is 3.18. The molecule has 0 fully saturated rings. The van der Waals surface area contributed by atoms with Crippen LogP contribution in [0.4, 0.5) is 5.95 Å². The molecule has 0 aliphatic rings. The van der Waals surface area contributed by atoms with Crippen molar-refractivity contribution in [2.45, 2.75) is 26.4 Å². The molecule has 0 radical (unpaired) electrons. The first-order chi connectivity index (χ1) is 11.5. The molecule has 1 amide bonds. The van der Waals surface area contributed by atoms with Crippen molar-refractivity contribution in [1.29, 1.82) is 0 Å². The molecule has 0 saturated carbocycles. The van der Waals surface area contributed by atoms with Gasteiger partial charge in [0.2, 0.25) is 5.95 Å². The maximum Gasteiger partial charge on any atom is 0.251 e. The molecule has 0 aliphatic heterocycles. The van der Waals surface area contributed by atoms with Crippen LogP contribution >= 0.6 is 11.6 Å². The van der Waals surface area contributed by atoms with Crippen LogP contribution in [0.5, 0.6) is 0 Å². The predicted octanol–water partition coefficient (Wildman–Crippen LogP) is 2.68. The largest absolute Gasteiger partial charge is 0.291 e. The standard InChI is InChI=1S/C16H17ClN6O/c1-11-7-19-23(8-11)12(2)15(24)20-16-18-10-22(21-16)9-13-3-5-14(17)6-4-13/h3-8,10,12H,9H2,1-2H3,(H,20,21,24). The Balaban J connectivity index is 1.63. The molecule has 124 valence electrons. The average molecular weight is 345 g/mol. The predicted molar refractivity (Wildman–Crippen MR) is 90.9 cm³/mol. The molecule has 24 heavy (non-hydrogen) atoms. The molecule has 0 spiro atoms. The fourth-order valence-electron chi connectivity index (χ4n) is 2.18. The van der Waals surface area contributed by atoms with Crippen LogP contribution in [0, 0.1) is 6.92 Å². The maximum atomic E-state index is 12.3. The highest BCUT2D eigenvalue weighted by Gasteiger charge is 2.17. The van der Waals surface area contributed by atoms with Crippen molar-refractivity contribution in [1.82, 2.24) is 24.5 Å². The van der Waals surface area contributed by atoms with E-state index in [2.05, 4.69) is 20.5 Å². The number of nitrogens with zero attached hydrogens (tertiary/aromatic N) is 5. The molecular formula is C16H17ClN6O. The highest BCUT2D eigenvalue weighted by molar-refractivity contribution is 6.30. The Labute approximate surface area is 144 Å². The Kier molecular flexibility index (Phi) is 4.61. The first-order valence-corrected chi connectivity index (χ1v) is 7.84. The lowest BCUT2D eigenvalue weighted by Crippen LogP contribution is -2.24. The van der Waals surface area contributed by atoms with Crippen LogP contribution in [0.15, 0.2) is 43.0 Å². The number of hydrogen-bond donors (Lipinski definition) is 1. The van der Waals surface area contributed by atoms with E-state index in [1.807, 2.05) is 37.4 Å². The second-order valence-electron chi connectivity index (χ2n) is 5.56. The molecule has 1 atom stereocenters. The molecule has 1 aromatic carbocycles. The molecule has 1 unspecified atom stereocenters. The van der Waals surface area contributed by atoms with Crippen LogP contribution in [0.3, 0.4) is 0 Å². The lowest BCUT2D eigenvalue weighted by Gasteiger charge is -2.10. The van der Waals surface area contributed by atoms with E-state index in [9.17, 15) is 4.79 Å². The summed E-state index contributed by atoms with van der Waals surface area (Å²) in [6, 6.07) is 7.05. The van der Waals surface area contributed by atoms with Gasteiger partial charge in [-0.05, 0) is 37.1 Å². The van der Waals surface area contributed by atoms with Crippen molar-refractivity contribution in [3.63, 3.8) is 0 Å². The third-order valence-electron chi connectivity index (χ3n) is 3.54. The Morgan fingerprint density at radius 2 is 2.08 bits per heavy atom. The maximum absolute atomic E-state index is 12.3. The van der Waals surface area contributed by atoms with Gasteiger partial charge in [0, 0.05) is 11.2 Å². The first-order valence-electron chi connectivity index (χ1n) is 7.47. The van der Waals surface area contributed by atoms with E-state index in [1.165, 1.54) is 0 Å². The number of aryl methyl sites for hydroxylation is 1. The second kappa shape index (κ2) is 6.84. The number of hydrogen-bond acceptors (Lipinski definition) is 4. The fraction of sp³-hybridized carbons (Fsp3) is 0.250. The number of rotatable bonds is 5. The van der Waals surface area contributed by atoms with E-state index >= 15 is 0 Å². The Morgan fingerprint density at radius 3 is 2.75 bits per heavy atom. The quantitative estimate of drug-likeness (QED) is 0.772. The SMILES string of the molecule is Cc1cnn(C(C)C(=O)Nc2ncn(Cc3ccc(Cl)cc3)n2)c1. The fourth-order valence-corrected chi connectivity index (χ4v) is 2.31. The summed E-state index contributed by atoms with van der Waals surface area (Å²) in [6.07, 6.45) is 5.10. The molecule has 0 saturated heterocycles. The molecule has 7 nitrogen and oxygen atoms in total. The first kappa shape index (κ1) is 16.2. The minimum absolute atomic E-state index is 0.220. The van der Waals surface area contributed by atoms with Gasteiger partial charge in [0.15, 0.2) is 0 Å². The van der Waals surface area contributed by atoms with Gasteiger partial charge in [0.25, 0.3) is 5.91 Å². The summed E-state index contributed by atoms with van der Waals surface area (Å²) in [6.45, 7) is 4.24. The van der Waals surface area contributed by atoms with Crippen LogP contribution in [-0.2, 0) is 11.3 Å². The normalized spacial score (nSPS) is 12.1. The van der Waals surface area contributed by atoms with E-state index in [0.29, 0.717) is 11.6 Å². The van der Waals surface area contributed by atoms with E-state index in [0.717, 1.165) is 11.1 Å². The summed E-state index contributed by atoms with van der Waals surface area (Å²) >= 11 is 5.87. The number of benzene rings is 1. The van der Waals surface area contributed by atoms with Gasteiger partial charge in [0.05, 0.1) is 12.7 Å². The number of carbonyl (C=O) groups is 1. The summed E-state index contributed by atoms with van der Waals surface area (Å²) < 4.78 is 3.26. The van der Waals surface area contributed by atoms with E-state index in [4.69, 9.17) is 11.6 Å². The summed E-state index contributed by atoms with van der Waals surface area (Å²) in [4.78, 5) is 16.4. The van der Waals surface area contributed by atoms with Gasteiger partial charge in [-0.15, -0.1) is 5.10 Å². The molecule has 0 bridgehead atoms. The molecule has 2 aromatic heterocycles. The van der Waals surface area contributed by atoms with Crippen molar-refractivity contribution in [3.05, 3.63) is 59.1 Å². The zero-order chi connectivity index (χ0) is 17.1. The number of nitrogens with one attached hydrogen (secondary N) is 1. The number of halogens is 1. The van der Waals surface area contributed by atoms with Crippen LogP contribution in [0.1, 0.15) is 24.1 Å². The minimum Gasteiger partial charge on any atom is -0.291 e. The van der Waals surface area contributed by atoms with Crippen LogP contribution < -0.4 is 5.32 Å². The Bertz CT molecular complexity index is 838. The minimum atomic E-state index is -0.443. The van der Waals surface area contributed by atoms with E-state index in [1.54, 1.807) is 28.8 Å². The summed E-state index contributed by atoms with van der Waals surface area (Å²) in [5.41, 5.74) is 2.04. The van der Waals surface area contributed by atoms with Crippen LogP contribution in [0.25, 0.3) is 0 Å². The van der Waals surface area contributed by atoms with Crippen LogP contribution in [-0.4, -0.2) is 30.5 Å². The number of anilines is 1. The lowest BCUT2D eigenvalue weighted by molar-refractivity contribution is -0.119. The Hall–Kier alpha value is -2.67. The van der Waals surface area contributed by atoms with Crippen molar-refractivity contribution < 1.29 is 4.79 Å². The van der Waals surface area contributed by atoms with E-state index in [-0.39, 0.29) is 11.9 Å². The molecule has 2 heterocycles. The summed E-state index contributed by atoms with van der Waals surface area (Å²) in [7, 11) is 0. The monoisotopic (exact) mass is 344 g/mol. The van der Waals surface area contributed by atoms with Gasteiger partial charge in [-0.3, -0.25) is 14.8 Å². The van der Waals surface area contributed by atoms with Gasteiger partial charge in [-0.1, -0.05) is 23.7 Å². The van der Waals surface area contributed by atoms with Gasteiger partial charge < -0.3 is 0 Å². The van der Waals surface area contributed by atoms with Gasteiger partial charge in [-0.25, -0.2) is 9.67 Å². The third kappa shape index (κ3) is 3.80. The second-order valence-corrected chi connectivity index (χ2v) is 5.99. The van der Waals surface area contributed by atoms with Gasteiger partial charge in [0.1, 0.15) is 12.4 Å². The number of amides is 1. The third-order valence-corrected chi connectivity index (χ3v) is 3.79. The van der Waals surface area contributed by atoms with Crippen LogP contribution in [0.2, 0.25) is 5.02 Å². The van der Waals surface area contributed by atoms with Crippen molar-refractivity contribution >= 4 is 23.5 Å². The molecule has 8 heteroatoms. The smallest absolute Gasteiger partial charge is 0.251 e. The molecular weight excluding hydrogens is 328 g/mol. The van der Waals surface area contributed by atoms with Crippen molar-refractivity contribution in [3.8, 4) is 0 Å². The van der Waals surface area contributed by atoms with E-state index < -0.39 is 6.04 Å². The Morgan fingerprint density at radius 1 is 1.33 bits per heavy atom. The molecule has 3 aromatic rings. The van der Waals surface area contributed by atoms with Gasteiger partial charge in [-0.2, -0.15) is 5.10 Å². The number of carbonyl (C=O) groups excluding carboxylic acids is 1. The van der Waals surface area contributed by atoms with Crippen molar-refractivity contribution in [2.24, 2.45) is 0 Å². The highest BCUT2D eigenvalue weighted by atomic mass is 35.5. The molecule has 1 N–H and O–H groups in total. The highest BCUT2D eigenvalue weighted by Crippen LogP contribution is 2.12. The number of aromatic nitrogens is 5. The zero-order valence-electron chi connectivity index (χ0n) is 13.3. The zero-order valence-corrected chi connectivity index (χ0v) is 14.1. The van der Waals surface area contributed by atoms with Crippen molar-refractivity contribution in [2.75, 3.05) is 5.32 Å². The van der Waals surface area contributed by atoms with Gasteiger partial charge >= 0.3 is 0 Å². The summed E-state index contributed by atoms with van der Waals surface area (Å²) in [5, 5.41) is 11.8. The summed E-state index contributed by atoms with van der Waals surface area (Å²) in [5.74, 6) is 0.0482. The molecule has 3 rings (SSSR count). The topological polar surface area (TPSA) is 77.6 Å². The molecule has 0 aliphatic carbocycles. The lowest BCUT2D eigenvalue weighted by atomic mass is 10.2.